The maximum Gasteiger partial charge on any atom is 0.104 e. The van der Waals surface area contributed by atoms with Gasteiger partial charge in [-0.3, -0.25) is 0 Å². The van der Waals surface area contributed by atoms with Crippen LogP contribution in [0, 0.1) is 5.92 Å². The summed E-state index contributed by atoms with van der Waals surface area (Å²) in [6.45, 7) is 8.27. The molecule has 0 heterocycles. The van der Waals surface area contributed by atoms with Crippen LogP contribution in [0.3, 0.4) is 0 Å². The minimum Gasteiger partial charge on any atom is -0.382 e. The summed E-state index contributed by atoms with van der Waals surface area (Å²) >= 11 is 0. The van der Waals surface area contributed by atoms with Crippen LogP contribution in [0.25, 0.3) is 0 Å². The van der Waals surface area contributed by atoms with Crippen LogP contribution in [-0.2, 0) is 142 Å². The van der Waals surface area contributed by atoms with Crippen molar-refractivity contribution in [2.24, 2.45) is 5.92 Å². The van der Waals surface area contributed by atoms with Gasteiger partial charge in [0.25, 0.3) is 0 Å². The van der Waals surface area contributed by atoms with Gasteiger partial charge in [0.2, 0.25) is 0 Å². The highest BCUT2D eigenvalue weighted by Crippen LogP contribution is 2.15. The highest BCUT2D eigenvalue weighted by Gasteiger charge is 2.28. The van der Waals surface area contributed by atoms with E-state index in [1.807, 2.05) is 6.92 Å². The Hall–Kier alpha value is -1.20. The van der Waals surface area contributed by atoms with Gasteiger partial charge in [-0.2, -0.15) is 0 Å². The molecule has 0 aliphatic carbocycles. The van der Waals surface area contributed by atoms with Crippen molar-refractivity contribution < 1.29 is 142 Å². The van der Waals surface area contributed by atoms with Crippen molar-refractivity contribution in [2.75, 3.05) is 312 Å². The standard InChI is InChI=1S/C62H126O30/c1-48(18-79-57(36-89-59(40-81-49(20-63-2)21-64-3)41-82-50(22-65-4)23-66-5)37-90-60(42-83-51(24-67-6)25-68-7)43-84-52(26-69-8)27-70-9)19-80-58(38-91-61(44-85-53(28-71-10)29-72-11)45-86-54(30-73-12)31-74-13)39-92-62(46-87-55(32-75-14)33-76-15)47-88-56(34-77-16)35-78-17/h48-62H,18-47H2,1-17H3. The van der Waals surface area contributed by atoms with Gasteiger partial charge < -0.3 is 142 Å². The zero-order chi connectivity index (χ0) is 68.1. The molecule has 0 bridgehead atoms. The predicted molar refractivity (Wildman–Crippen MR) is 336 cm³/mol. The van der Waals surface area contributed by atoms with Crippen LogP contribution >= 0.6 is 0 Å². The maximum atomic E-state index is 6.76. The molecule has 0 saturated heterocycles. The first-order valence-corrected chi connectivity index (χ1v) is 31.3. The molecule has 0 aromatic heterocycles. The Morgan fingerprint density at radius 1 is 0.120 bits per heavy atom. The fourth-order valence-corrected chi connectivity index (χ4v) is 8.56. The van der Waals surface area contributed by atoms with Crippen molar-refractivity contribution in [1.29, 1.82) is 0 Å². The first-order chi connectivity index (χ1) is 44.9. The van der Waals surface area contributed by atoms with Crippen LogP contribution in [-0.4, -0.2) is 397 Å². The van der Waals surface area contributed by atoms with Crippen molar-refractivity contribution in [2.45, 2.75) is 92.4 Å². The Kier molecular flexibility index (Phi) is 64.9. The smallest absolute Gasteiger partial charge is 0.104 e. The predicted octanol–water partition coefficient (Wildman–Crippen LogP) is 1.36. The number of methoxy groups -OCH3 is 16. The Morgan fingerprint density at radius 2 is 0.196 bits per heavy atom. The number of hydrogen-bond donors (Lipinski definition) is 0. The molecule has 30 heteroatoms. The van der Waals surface area contributed by atoms with Crippen LogP contribution in [0.15, 0.2) is 0 Å². The van der Waals surface area contributed by atoms with Crippen molar-refractivity contribution in [3.63, 3.8) is 0 Å². The molecule has 0 fully saturated rings. The Morgan fingerprint density at radius 3 is 0.283 bits per heavy atom. The molecule has 92 heavy (non-hydrogen) atoms. The number of ether oxygens (including phenoxy) is 30. The lowest BCUT2D eigenvalue weighted by Crippen LogP contribution is -2.40. The van der Waals surface area contributed by atoms with Gasteiger partial charge in [0.05, 0.1) is 198 Å². The second-order valence-corrected chi connectivity index (χ2v) is 21.8. The highest BCUT2D eigenvalue weighted by molar-refractivity contribution is 4.72. The first-order valence-electron chi connectivity index (χ1n) is 31.3. The van der Waals surface area contributed by atoms with Gasteiger partial charge in [0.1, 0.15) is 85.5 Å². The number of hydrogen-bond acceptors (Lipinski definition) is 30. The van der Waals surface area contributed by atoms with Crippen molar-refractivity contribution >= 4 is 0 Å². The zero-order valence-corrected chi connectivity index (χ0v) is 59.1. The van der Waals surface area contributed by atoms with Gasteiger partial charge in [-0.1, -0.05) is 6.92 Å². The van der Waals surface area contributed by atoms with E-state index in [1.165, 1.54) is 0 Å². The van der Waals surface area contributed by atoms with E-state index >= 15 is 0 Å². The molecule has 0 atom stereocenters. The van der Waals surface area contributed by atoms with Gasteiger partial charge in [-0.05, 0) is 0 Å². The Balaban J connectivity index is 7.40. The summed E-state index contributed by atoms with van der Waals surface area (Å²) in [6, 6.07) is 0. The summed E-state index contributed by atoms with van der Waals surface area (Å²) in [5.41, 5.74) is 0. The largest absolute Gasteiger partial charge is 0.382 e. The molecule has 0 aromatic carbocycles. The molecule has 554 valence electrons. The fourth-order valence-electron chi connectivity index (χ4n) is 8.56. The van der Waals surface area contributed by atoms with E-state index in [9.17, 15) is 0 Å². The highest BCUT2D eigenvalue weighted by atomic mass is 16.7. The molecule has 0 spiro atoms. The molecule has 0 amide bonds. The Labute approximate surface area is 550 Å². The molecule has 0 aliphatic heterocycles. The summed E-state index contributed by atoms with van der Waals surface area (Å²) < 4.78 is 177. The SMILES string of the molecule is COCC(COC)OCC(COC(COC)COC)OCC(COC(COC(COC)COC)COC(COC)COC)OCC(C)COC(COC(COC(COC)COC)COC(COC)COC)COC(COC(COC)COC)COC(COC)COC. The van der Waals surface area contributed by atoms with Crippen molar-refractivity contribution in [3.05, 3.63) is 0 Å². The van der Waals surface area contributed by atoms with E-state index in [0.717, 1.165) is 0 Å². The van der Waals surface area contributed by atoms with E-state index in [2.05, 4.69) is 0 Å². The van der Waals surface area contributed by atoms with E-state index in [1.54, 1.807) is 114 Å². The van der Waals surface area contributed by atoms with Crippen LogP contribution in [0.4, 0.5) is 0 Å². The molecule has 0 aliphatic rings. The molecular formula is C62H126O30. The number of rotatable bonds is 74. The lowest BCUT2D eigenvalue weighted by Gasteiger charge is -2.29. The third kappa shape index (κ3) is 50.2. The molecule has 0 saturated carbocycles. The second kappa shape index (κ2) is 65.7. The third-order valence-electron chi connectivity index (χ3n) is 13.1. The van der Waals surface area contributed by atoms with Gasteiger partial charge in [-0.15, -0.1) is 0 Å². The van der Waals surface area contributed by atoms with Crippen LogP contribution in [0.5, 0.6) is 0 Å². The molecule has 0 aromatic rings. The second-order valence-electron chi connectivity index (χ2n) is 21.8. The van der Waals surface area contributed by atoms with Gasteiger partial charge in [0, 0.05) is 120 Å². The van der Waals surface area contributed by atoms with Crippen LogP contribution < -0.4 is 0 Å². The van der Waals surface area contributed by atoms with Crippen molar-refractivity contribution in [3.8, 4) is 0 Å². The van der Waals surface area contributed by atoms with E-state index < -0.39 is 36.6 Å². The Bertz CT molecular complexity index is 1170. The van der Waals surface area contributed by atoms with Gasteiger partial charge in [-0.25, -0.2) is 0 Å². The van der Waals surface area contributed by atoms with E-state index in [4.69, 9.17) is 142 Å². The minimum absolute atomic E-state index is 0.0433. The molecular weight excluding hydrogens is 1220 g/mol. The summed E-state index contributed by atoms with van der Waals surface area (Å²) in [5, 5.41) is 0. The van der Waals surface area contributed by atoms with E-state index in [0.29, 0.717) is 106 Å². The van der Waals surface area contributed by atoms with Crippen molar-refractivity contribution in [1.82, 2.24) is 0 Å². The molecule has 0 radical (unpaired) electrons. The lowest BCUT2D eigenvalue weighted by atomic mass is 10.2. The van der Waals surface area contributed by atoms with Crippen LogP contribution in [0.1, 0.15) is 6.92 Å². The summed E-state index contributed by atoms with van der Waals surface area (Å²) in [6.07, 6.45) is -6.79. The van der Waals surface area contributed by atoms with Gasteiger partial charge >= 0.3 is 0 Å². The summed E-state index contributed by atoms with van der Waals surface area (Å²) in [5.74, 6) is -0.226. The topological polar surface area (TPSA) is 277 Å². The fraction of sp³-hybridized carbons (Fsp3) is 1.00. The third-order valence-corrected chi connectivity index (χ3v) is 13.1. The quantitative estimate of drug-likeness (QED) is 0.0831. The molecule has 0 rings (SSSR count). The minimum atomic E-state index is -0.670. The molecule has 0 unspecified atom stereocenters. The molecule has 30 nitrogen and oxygen atoms in total. The monoisotopic (exact) mass is 1350 g/mol. The zero-order valence-electron chi connectivity index (χ0n) is 59.1. The normalized spacial score (nSPS) is 12.8. The average molecular weight is 1350 g/mol. The lowest BCUT2D eigenvalue weighted by molar-refractivity contribution is -0.166. The maximum absolute atomic E-state index is 6.76. The van der Waals surface area contributed by atoms with Gasteiger partial charge in [0.15, 0.2) is 0 Å². The summed E-state index contributed by atoms with van der Waals surface area (Å²) in [7, 11) is 25.6. The summed E-state index contributed by atoms with van der Waals surface area (Å²) in [4.78, 5) is 0. The average Bonchev–Trinajstić information content (AvgIpc) is 3.69. The van der Waals surface area contributed by atoms with Crippen LogP contribution in [0.2, 0.25) is 0 Å². The van der Waals surface area contributed by atoms with E-state index in [-0.39, 0.29) is 147 Å². The first kappa shape index (κ1) is 90.8. The molecule has 0 N–H and O–H groups in total.